The van der Waals surface area contributed by atoms with Crippen LogP contribution in [-0.4, -0.2) is 19.7 Å². The Hall–Kier alpha value is -4.07. The molecule has 0 aliphatic heterocycles. The van der Waals surface area contributed by atoms with Gasteiger partial charge in [0.2, 0.25) is 5.82 Å². The van der Waals surface area contributed by atoms with Crippen LogP contribution in [0.25, 0.3) is 44.8 Å². The molecule has 8 heteroatoms. The van der Waals surface area contributed by atoms with E-state index in [9.17, 15) is 9.59 Å². The van der Waals surface area contributed by atoms with Gasteiger partial charge in [0, 0.05) is 17.5 Å². The number of para-hydroxylation sites is 1. The van der Waals surface area contributed by atoms with E-state index < -0.39 is 5.63 Å². The van der Waals surface area contributed by atoms with Crippen molar-refractivity contribution in [3.63, 3.8) is 0 Å². The highest BCUT2D eigenvalue weighted by atomic mass is 16.5. The van der Waals surface area contributed by atoms with Crippen LogP contribution in [0.1, 0.15) is 19.0 Å². The van der Waals surface area contributed by atoms with Crippen molar-refractivity contribution in [2.45, 2.75) is 26.8 Å². The zero-order valence-electron chi connectivity index (χ0n) is 17.0. The van der Waals surface area contributed by atoms with Crippen molar-refractivity contribution in [1.82, 2.24) is 19.7 Å². The summed E-state index contributed by atoms with van der Waals surface area (Å²) in [7, 11) is 0. The van der Waals surface area contributed by atoms with Gasteiger partial charge in [-0.3, -0.25) is 4.79 Å². The molecule has 5 aromatic rings. The van der Waals surface area contributed by atoms with Gasteiger partial charge in [0.05, 0.1) is 11.0 Å². The number of fused-ring (bicyclic) bond motifs is 2. The van der Waals surface area contributed by atoms with E-state index in [1.54, 1.807) is 29.7 Å². The van der Waals surface area contributed by atoms with Crippen LogP contribution in [0, 0.1) is 6.92 Å². The summed E-state index contributed by atoms with van der Waals surface area (Å²) in [5.41, 5.74) is 2.57. The number of hydrogen-bond acceptors (Lipinski definition) is 7. The second-order valence-corrected chi connectivity index (χ2v) is 7.27. The average molecular weight is 414 g/mol. The van der Waals surface area contributed by atoms with Gasteiger partial charge in [-0.15, -0.1) is 0 Å². The Labute approximate surface area is 175 Å². The molecule has 3 aromatic heterocycles. The lowest BCUT2D eigenvalue weighted by molar-refractivity contribution is 0.429. The van der Waals surface area contributed by atoms with Crippen LogP contribution in [0.3, 0.4) is 0 Å². The van der Waals surface area contributed by atoms with E-state index in [2.05, 4.69) is 15.1 Å². The summed E-state index contributed by atoms with van der Waals surface area (Å²) < 4.78 is 12.4. The van der Waals surface area contributed by atoms with Crippen molar-refractivity contribution in [2.75, 3.05) is 0 Å². The maximum atomic E-state index is 12.4. The first-order valence-corrected chi connectivity index (χ1v) is 9.93. The third-order valence-corrected chi connectivity index (χ3v) is 5.11. The molecule has 0 unspecified atom stereocenters. The van der Waals surface area contributed by atoms with Gasteiger partial charge in [-0.05, 0) is 43.7 Å². The van der Waals surface area contributed by atoms with Gasteiger partial charge in [-0.1, -0.05) is 30.3 Å². The van der Waals surface area contributed by atoms with E-state index in [0.717, 1.165) is 17.3 Å². The Balaban J connectivity index is 1.60. The Kier molecular flexibility index (Phi) is 4.47. The second kappa shape index (κ2) is 7.32. The van der Waals surface area contributed by atoms with Crippen molar-refractivity contribution < 1.29 is 8.94 Å². The first-order valence-electron chi connectivity index (χ1n) is 9.93. The largest absolute Gasteiger partial charge is 0.422 e. The zero-order valence-corrected chi connectivity index (χ0v) is 17.0. The molecule has 0 fully saturated rings. The number of nitrogens with zero attached hydrogens (tertiary/aromatic N) is 4. The highest BCUT2D eigenvalue weighted by molar-refractivity contribution is 5.82. The SMILES string of the molecule is CCCn1c(=O)c(C)nc2cc(-c3noc(-c4cc5ccccc5oc4=O)n3)ccc21. The van der Waals surface area contributed by atoms with E-state index in [-0.39, 0.29) is 17.0 Å². The van der Waals surface area contributed by atoms with Gasteiger partial charge in [0.1, 0.15) is 16.8 Å². The van der Waals surface area contributed by atoms with Crippen molar-refractivity contribution in [1.29, 1.82) is 0 Å². The van der Waals surface area contributed by atoms with E-state index in [1.165, 1.54) is 0 Å². The molecular formula is C23H18N4O4. The number of benzene rings is 2. The van der Waals surface area contributed by atoms with Gasteiger partial charge in [-0.2, -0.15) is 4.98 Å². The minimum atomic E-state index is -0.548. The summed E-state index contributed by atoms with van der Waals surface area (Å²) in [5.74, 6) is 0.395. The topological polar surface area (TPSA) is 104 Å². The number of hydrogen-bond donors (Lipinski definition) is 0. The Morgan fingerprint density at radius 2 is 1.87 bits per heavy atom. The molecule has 0 radical (unpaired) electrons. The molecule has 0 saturated heterocycles. The summed E-state index contributed by atoms with van der Waals surface area (Å²) in [6.07, 6.45) is 0.836. The third-order valence-electron chi connectivity index (χ3n) is 5.11. The van der Waals surface area contributed by atoms with Gasteiger partial charge in [-0.25, -0.2) is 9.78 Å². The fourth-order valence-electron chi connectivity index (χ4n) is 3.62. The molecule has 2 aromatic carbocycles. The molecule has 0 aliphatic carbocycles. The van der Waals surface area contributed by atoms with E-state index >= 15 is 0 Å². The van der Waals surface area contributed by atoms with Crippen LogP contribution in [0.15, 0.2) is 67.1 Å². The van der Waals surface area contributed by atoms with Gasteiger partial charge >= 0.3 is 5.63 Å². The smallest absolute Gasteiger partial charge is 0.349 e. The normalized spacial score (nSPS) is 11.4. The number of rotatable bonds is 4. The molecule has 0 amide bonds. The molecule has 0 saturated carbocycles. The monoisotopic (exact) mass is 414 g/mol. The first-order chi connectivity index (χ1) is 15.0. The third kappa shape index (κ3) is 3.22. The van der Waals surface area contributed by atoms with Crippen LogP contribution < -0.4 is 11.2 Å². The summed E-state index contributed by atoms with van der Waals surface area (Å²) in [4.78, 5) is 33.6. The molecule has 154 valence electrons. The van der Waals surface area contributed by atoms with Gasteiger partial charge < -0.3 is 13.5 Å². The van der Waals surface area contributed by atoms with Gasteiger partial charge in [0.15, 0.2) is 0 Å². The molecular weight excluding hydrogens is 396 g/mol. The number of aryl methyl sites for hydroxylation is 2. The van der Waals surface area contributed by atoms with Crippen LogP contribution in [0.5, 0.6) is 0 Å². The fraction of sp³-hybridized carbons (Fsp3) is 0.174. The number of aromatic nitrogens is 4. The van der Waals surface area contributed by atoms with Crippen LogP contribution >= 0.6 is 0 Å². The summed E-state index contributed by atoms with van der Waals surface area (Å²) in [6, 6.07) is 14.3. The molecule has 0 N–H and O–H groups in total. The average Bonchev–Trinajstić information content (AvgIpc) is 3.26. The van der Waals surface area contributed by atoms with E-state index in [0.29, 0.717) is 34.7 Å². The predicted molar refractivity (Wildman–Crippen MR) is 116 cm³/mol. The van der Waals surface area contributed by atoms with Crippen molar-refractivity contribution >= 4 is 22.0 Å². The van der Waals surface area contributed by atoms with Crippen LogP contribution in [-0.2, 0) is 6.54 Å². The fourth-order valence-corrected chi connectivity index (χ4v) is 3.62. The molecule has 5 rings (SSSR count). The molecule has 0 bridgehead atoms. The zero-order chi connectivity index (χ0) is 21.5. The van der Waals surface area contributed by atoms with Crippen molar-refractivity contribution in [2.24, 2.45) is 0 Å². The van der Waals surface area contributed by atoms with Crippen molar-refractivity contribution in [3.05, 3.63) is 75.0 Å². The van der Waals surface area contributed by atoms with Crippen LogP contribution in [0.2, 0.25) is 0 Å². The van der Waals surface area contributed by atoms with E-state index in [4.69, 9.17) is 8.94 Å². The molecule has 0 spiro atoms. The Morgan fingerprint density at radius 3 is 2.71 bits per heavy atom. The summed E-state index contributed by atoms with van der Waals surface area (Å²) >= 11 is 0. The minimum Gasteiger partial charge on any atom is -0.422 e. The lowest BCUT2D eigenvalue weighted by Gasteiger charge is -2.10. The predicted octanol–water partition coefficient (Wildman–Crippen LogP) is 3.94. The lowest BCUT2D eigenvalue weighted by Crippen LogP contribution is -2.24. The maximum Gasteiger partial charge on any atom is 0.349 e. The lowest BCUT2D eigenvalue weighted by atomic mass is 10.1. The maximum absolute atomic E-state index is 12.4. The summed E-state index contributed by atoms with van der Waals surface area (Å²) in [5, 5.41) is 4.79. The minimum absolute atomic E-state index is 0.0784. The standard InChI is InChI=1S/C23H18N4O4/c1-3-10-27-18-9-8-15(12-17(18)24-13(2)22(27)28)20-25-21(31-26-20)16-11-14-6-4-5-7-19(14)30-23(16)29/h4-9,11-12H,3,10H2,1-2H3. The van der Waals surface area contributed by atoms with E-state index in [1.807, 2.05) is 37.3 Å². The highest BCUT2D eigenvalue weighted by Crippen LogP contribution is 2.25. The Bertz CT molecular complexity index is 1560. The Morgan fingerprint density at radius 1 is 1.03 bits per heavy atom. The van der Waals surface area contributed by atoms with Crippen LogP contribution in [0.4, 0.5) is 0 Å². The molecule has 0 aliphatic rings. The quantitative estimate of drug-likeness (QED) is 0.410. The highest BCUT2D eigenvalue weighted by Gasteiger charge is 2.17. The molecule has 0 atom stereocenters. The summed E-state index contributed by atoms with van der Waals surface area (Å²) in [6.45, 7) is 4.33. The first kappa shape index (κ1) is 18.9. The molecule has 3 heterocycles. The van der Waals surface area contributed by atoms with Crippen molar-refractivity contribution in [3.8, 4) is 22.8 Å². The van der Waals surface area contributed by atoms with Gasteiger partial charge in [0.25, 0.3) is 11.4 Å². The molecule has 8 nitrogen and oxygen atoms in total. The molecule has 31 heavy (non-hydrogen) atoms. The second-order valence-electron chi connectivity index (χ2n) is 7.27.